The minimum Gasteiger partial charge on any atom is -0.314 e. The van der Waals surface area contributed by atoms with Crippen molar-refractivity contribution in [2.24, 2.45) is 0 Å². The molecule has 0 atom stereocenters. The van der Waals surface area contributed by atoms with Gasteiger partial charge in [0.15, 0.2) is 0 Å². The van der Waals surface area contributed by atoms with Crippen LogP contribution in [0.5, 0.6) is 0 Å². The Morgan fingerprint density at radius 2 is 2.00 bits per heavy atom. The number of nitrogens with zero attached hydrogens (tertiary/aromatic N) is 4. The first-order valence-electron chi connectivity index (χ1n) is 2.90. The average molecular weight is 126 g/mol. The molecule has 0 aliphatic carbocycles. The van der Waals surface area contributed by atoms with Crippen molar-refractivity contribution in [3.05, 3.63) is 12.7 Å². The van der Waals surface area contributed by atoms with Gasteiger partial charge in [0.2, 0.25) is 0 Å². The van der Waals surface area contributed by atoms with Crippen molar-refractivity contribution in [2.75, 3.05) is 18.6 Å². The second kappa shape index (κ2) is 2.48. The molecule has 1 heterocycles. The minimum atomic E-state index is 0.956. The van der Waals surface area contributed by atoms with Crippen molar-refractivity contribution in [1.29, 1.82) is 0 Å². The van der Waals surface area contributed by atoms with Gasteiger partial charge in [-0.15, -0.1) is 10.2 Å². The van der Waals surface area contributed by atoms with Gasteiger partial charge in [-0.25, -0.2) is 4.68 Å². The van der Waals surface area contributed by atoms with Crippen LogP contribution < -0.4 is 5.01 Å². The summed E-state index contributed by atoms with van der Waals surface area (Å²) in [6.07, 6.45) is 3.34. The molecule has 50 valence electrons. The van der Waals surface area contributed by atoms with Crippen LogP contribution in [-0.4, -0.2) is 28.5 Å². The van der Waals surface area contributed by atoms with Gasteiger partial charge in [0, 0.05) is 13.6 Å². The first kappa shape index (κ1) is 6.07. The summed E-state index contributed by atoms with van der Waals surface area (Å²) in [4.78, 5) is 0. The van der Waals surface area contributed by atoms with Crippen molar-refractivity contribution in [3.8, 4) is 0 Å². The molecule has 0 unspecified atom stereocenters. The van der Waals surface area contributed by atoms with Crippen molar-refractivity contribution in [3.63, 3.8) is 0 Å². The van der Waals surface area contributed by atoms with Gasteiger partial charge in [0.05, 0.1) is 0 Å². The fourth-order valence-electron chi connectivity index (χ4n) is 0.535. The van der Waals surface area contributed by atoms with Gasteiger partial charge >= 0.3 is 0 Å². The van der Waals surface area contributed by atoms with Crippen LogP contribution in [0.4, 0.5) is 0 Å². The Labute approximate surface area is 54.1 Å². The van der Waals surface area contributed by atoms with E-state index in [-0.39, 0.29) is 0 Å². The van der Waals surface area contributed by atoms with Gasteiger partial charge in [0.25, 0.3) is 0 Å². The maximum absolute atomic E-state index is 3.66. The van der Waals surface area contributed by atoms with Crippen LogP contribution >= 0.6 is 0 Å². The Morgan fingerprint density at radius 1 is 1.44 bits per heavy atom. The zero-order chi connectivity index (χ0) is 6.69. The highest BCUT2D eigenvalue weighted by molar-refractivity contribution is 4.76. The van der Waals surface area contributed by atoms with E-state index >= 15 is 0 Å². The Hall–Kier alpha value is -1.06. The summed E-state index contributed by atoms with van der Waals surface area (Å²) in [6.45, 7) is 3.03. The van der Waals surface area contributed by atoms with Crippen LogP contribution in [0, 0.1) is 0 Å². The van der Waals surface area contributed by atoms with Gasteiger partial charge in [0.1, 0.15) is 12.7 Å². The first-order chi connectivity index (χ1) is 4.34. The summed E-state index contributed by atoms with van der Waals surface area (Å²) in [5.41, 5.74) is 0. The van der Waals surface area contributed by atoms with Gasteiger partial charge < -0.3 is 5.01 Å². The Kier molecular flexibility index (Phi) is 1.67. The molecule has 1 aromatic heterocycles. The molecule has 0 aliphatic rings. The lowest BCUT2D eigenvalue weighted by molar-refractivity contribution is 0.669. The van der Waals surface area contributed by atoms with E-state index in [2.05, 4.69) is 17.1 Å². The predicted molar refractivity (Wildman–Crippen MR) is 34.7 cm³/mol. The van der Waals surface area contributed by atoms with Crippen molar-refractivity contribution < 1.29 is 0 Å². The lowest BCUT2D eigenvalue weighted by Gasteiger charge is -2.15. The molecule has 1 rings (SSSR count). The third-order valence-corrected chi connectivity index (χ3v) is 1.26. The van der Waals surface area contributed by atoms with E-state index in [0.717, 1.165) is 6.54 Å². The lowest BCUT2D eigenvalue weighted by Crippen LogP contribution is -2.27. The molecular formula is C5H10N4. The molecule has 0 bridgehead atoms. The second-order valence-corrected chi connectivity index (χ2v) is 1.82. The minimum absolute atomic E-state index is 0.956. The summed E-state index contributed by atoms with van der Waals surface area (Å²) in [5.74, 6) is 0. The molecule has 0 saturated heterocycles. The third-order valence-electron chi connectivity index (χ3n) is 1.26. The molecule has 4 nitrogen and oxygen atoms in total. The molecule has 0 amide bonds. The van der Waals surface area contributed by atoms with Gasteiger partial charge in [-0.05, 0) is 6.92 Å². The highest BCUT2D eigenvalue weighted by atomic mass is 15.6. The van der Waals surface area contributed by atoms with E-state index in [1.54, 1.807) is 12.7 Å². The molecule has 4 heteroatoms. The summed E-state index contributed by atoms with van der Waals surface area (Å²) in [6, 6.07) is 0. The van der Waals surface area contributed by atoms with Crippen LogP contribution in [-0.2, 0) is 0 Å². The van der Waals surface area contributed by atoms with Crippen LogP contribution in [0.25, 0.3) is 0 Å². The highest BCUT2D eigenvalue weighted by Gasteiger charge is 1.91. The zero-order valence-corrected chi connectivity index (χ0v) is 5.65. The lowest BCUT2D eigenvalue weighted by atomic mass is 10.7. The molecule has 1 aromatic rings. The number of hydrogen-bond donors (Lipinski definition) is 0. The van der Waals surface area contributed by atoms with Crippen molar-refractivity contribution in [2.45, 2.75) is 6.92 Å². The van der Waals surface area contributed by atoms with Gasteiger partial charge in [-0.2, -0.15) is 0 Å². The van der Waals surface area contributed by atoms with Crippen LogP contribution in [0.1, 0.15) is 6.92 Å². The SMILES string of the molecule is CCN(C)n1cnnc1. The topological polar surface area (TPSA) is 34.0 Å². The predicted octanol–water partition coefficient (Wildman–Crippen LogP) is -0.134. The van der Waals surface area contributed by atoms with Crippen LogP contribution in [0.3, 0.4) is 0 Å². The quantitative estimate of drug-likeness (QED) is 0.553. The average Bonchev–Trinajstić information content (AvgIpc) is 2.37. The number of rotatable bonds is 2. The van der Waals surface area contributed by atoms with E-state index in [1.165, 1.54) is 0 Å². The van der Waals surface area contributed by atoms with Crippen molar-refractivity contribution >= 4 is 0 Å². The standard InChI is InChI=1S/C5H10N4/c1-3-8(2)9-4-6-7-5-9/h4-5H,3H2,1-2H3. The largest absolute Gasteiger partial charge is 0.314 e. The Morgan fingerprint density at radius 3 is 2.44 bits per heavy atom. The molecule has 9 heavy (non-hydrogen) atoms. The summed E-state index contributed by atoms with van der Waals surface area (Å²) >= 11 is 0. The molecule has 0 radical (unpaired) electrons. The summed E-state index contributed by atoms with van der Waals surface area (Å²) < 4.78 is 1.83. The molecule has 0 aliphatic heterocycles. The molecule has 0 N–H and O–H groups in total. The normalized spacial score (nSPS) is 9.56. The number of hydrogen-bond acceptors (Lipinski definition) is 3. The fraction of sp³-hybridized carbons (Fsp3) is 0.600. The smallest absolute Gasteiger partial charge is 0.139 e. The van der Waals surface area contributed by atoms with Gasteiger partial charge in [-0.1, -0.05) is 0 Å². The first-order valence-corrected chi connectivity index (χ1v) is 2.90. The van der Waals surface area contributed by atoms with E-state index in [1.807, 2.05) is 16.7 Å². The Bertz CT molecular complexity index is 157. The highest BCUT2D eigenvalue weighted by Crippen LogP contribution is 1.81. The second-order valence-electron chi connectivity index (χ2n) is 1.82. The maximum atomic E-state index is 3.66. The van der Waals surface area contributed by atoms with E-state index < -0.39 is 0 Å². The van der Waals surface area contributed by atoms with Crippen LogP contribution in [0.2, 0.25) is 0 Å². The summed E-state index contributed by atoms with van der Waals surface area (Å²) in [5, 5.41) is 9.32. The molecule has 0 fully saturated rings. The molecule has 0 aromatic carbocycles. The third kappa shape index (κ3) is 1.19. The van der Waals surface area contributed by atoms with E-state index in [9.17, 15) is 0 Å². The molecule has 0 saturated carbocycles. The van der Waals surface area contributed by atoms with Crippen LogP contribution in [0.15, 0.2) is 12.7 Å². The fourth-order valence-corrected chi connectivity index (χ4v) is 0.535. The molecule has 0 spiro atoms. The van der Waals surface area contributed by atoms with E-state index in [0.29, 0.717) is 0 Å². The zero-order valence-electron chi connectivity index (χ0n) is 5.65. The monoisotopic (exact) mass is 126 g/mol. The van der Waals surface area contributed by atoms with Gasteiger partial charge in [-0.3, -0.25) is 0 Å². The number of aromatic nitrogens is 3. The van der Waals surface area contributed by atoms with E-state index in [4.69, 9.17) is 0 Å². The summed E-state index contributed by atoms with van der Waals surface area (Å²) in [7, 11) is 1.98. The van der Waals surface area contributed by atoms with Crippen molar-refractivity contribution in [1.82, 2.24) is 14.9 Å². The maximum Gasteiger partial charge on any atom is 0.139 e. The Balaban J connectivity index is 2.65. The molecular weight excluding hydrogens is 116 g/mol.